The molecule has 1 amide bonds. The summed E-state index contributed by atoms with van der Waals surface area (Å²) >= 11 is 0. The molecule has 2 heterocycles. The van der Waals surface area contributed by atoms with Gasteiger partial charge in [-0.15, -0.1) is 0 Å². The van der Waals surface area contributed by atoms with E-state index in [1.54, 1.807) is 4.90 Å². The standard InChI is InChI=1S/C18H20N4O4/c1-14-4-2-5-15(12-14)20-8-10-21(11-9-20)17(23)13-26-16-6-3-7-19-18(16)22(24)25/h2-7,12H,8-11,13H2,1H3. The third kappa shape index (κ3) is 4.08. The highest BCUT2D eigenvalue weighted by atomic mass is 16.6. The number of aryl methyl sites for hydroxylation is 1. The molecule has 26 heavy (non-hydrogen) atoms. The zero-order chi connectivity index (χ0) is 18.5. The van der Waals surface area contributed by atoms with Gasteiger partial charge >= 0.3 is 5.82 Å². The number of rotatable bonds is 5. The van der Waals surface area contributed by atoms with Gasteiger partial charge in [-0.2, -0.15) is 0 Å². The van der Waals surface area contributed by atoms with E-state index >= 15 is 0 Å². The Bertz CT molecular complexity index is 803. The third-order valence-corrected chi connectivity index (χ3v) is 4.27. The number of hydrogen-bond donors (Lipinski definition) is 0. The second-order valence-electron chi connectivity index (χ2n) is 6.08. The molecule has 0 radical (unpaired) electrons. The Hall–Kier alpha value is -3.16. The van der Waals surface area contributed by atoms with Gasteiger partial charge in [0, 0.05) is 31.9 Å². The maximum Gasteiger partial charge on any atom is 0.406 e. The van der Waals surface area contributed by atoms with Crippen molar-refractivity contribution in [1.82, 2.24) is 9.88 Å². The molecule has 8 nitrogen and oxygen atoms in total. The van der Waals surface area contributed by atoms with Crippen molar-refractivity contribution < 1.29 is 14.5 Å². The second kappa shape index (κ2) is 7.81. The van der Waals surface area contributed by atoms with E-state index in [0.29, 0.717) is 13.1 Å². The molecule has 0 spiro atoms. The quantitative estimate of drug-likeness (QED) is 0.602. The summed E-state index contributed by atoms with van der Waals surface area (Å²) in [6.45, 7) is 4.47. The number of nitrogens with zero attached hydrogens (tertiary/aromatic N) is 4. The number of aromatic nitrogens is 1. The number of nitro groups is 1. The number of pyridine rings is 1. The summed E-state index contributed by atoms with van der Waals surface area (Å²) in [6, 6.07) is 11.2. The molecule has 1 aliphatic heterocycles. The first kappa shape index (κ1) is 17.7. The summed E-state index contributed by atoms with van der Waals surface area (Å²) in [6.07, 6.45) is 1.32. The smallest absolute Gasteiger partial charge is 0.406 e. The van der Waals surface area contributed by atoms with Gasteiger partial charge in [-0.1, -0.05) is 12.1 Å². The molecular weight excluding hydrogens is 336 g/mol. The average Bonchev–Trinajstić information content (AvgIpc) is 2.66. The van der Waals surface area contributed by atoms with E-state index in [1.165, 1.54) is 23.9 Å². The fraction of sp³-hybridized carbons (Fsp3) is 0.333. The predicted molar refractivity (Wildman–Crippen MR) is 96.4 cm³/mol. The molecule has 0 bridgehead atoms. The zero-order valence-corrected chi connectivity index (χ0v) is 14.5. The van der Waals surface area contributed by atoms with E-state index in [4.69, 9.17) is 4.74 Å². The lowest BCUT2D eigenvalue weighted by molar-refractivity contribution is -0.390. The van der Waals surface area contributed by atoms with Crippen molar-refractivity contribution in [3.63, 3.8) is 0 Å². The highest BCUT2D eigenvalue weighted by Crippen LogP contribution is 2.23. The Morgan fingerprint density at radius 3 is 2.69 bits per heavy atom. The molecular formula is C18H20N4O4. The normalized spacial score (nSPS) is 14.2. The Balaban J connectivity index is 1.54. The molecule has 2 aromatic rings. The molecule has 0 saturated carbocycles. The number of carbonyl (C=O) groups is 1. The Labute approximate surface area is 151 Å². The first-order valence-corrected chi connectivity index (χ1v) is 8.36. The van der Waals surface area contributed by atoms with Crippen LogP contribution in [0.5, 0.6) is 5.75 Å². The SMILES string of the molecule is Cc1cccc(N2CCN(C(=O)COc3cccnc3[N+](=O)[O-])CC2)c1. The molecule has 0 unspecified atom stereocenters. The number of amides is 1. The highest BCUT2D eigenvalue weighted by molar-refractivity contribution is 5.78. The van der Waals surface area contributed by atoms with Gasteiger partial charge in [0.15, 0.2) is 6.61 Å². The molecule has 1 aromatic carbocycles. The van der Waals surface area contributed by atoms with Crippen LogP contribution in [0.4, 0.5) is 11.5 Å². The van der Waals surface area contributed by atoms with Gasteiger partial charge in [0.2, 0.25) is 5.75 Å². The van der Waals surface area contributed by atoms with Crippen LogP contribution in [0.1, 0.15) is 5.56 Å². The lowest BCUT2D eigenvalue weighted by Gasteiger charge is -2.36. The van der Waals surface area contributed by atoms with Gasteiger partial charge in [0.05, 0.1) is 0 Å². The van der Waals surface area contributed by atoms with Gasteiger partial charge in [-0.05, 0) is 46.7 Å². The lowest BCUT2D eigenvalue weighted by atomic mass is 10.2. The summed E-state index contributed by atoms with van der Waals surface area (Å²) in [5.74, 6) is -0.569. The van der Waals surface area contributed by atoms with Crippen molar-refractivity contribution in [2.75, 3.05) is 37.7 Å². The van der Waals surface area contributed by atoms with Crippen LogP contribution in [0.15, 0.2) is 42.6 Å². The highest BCUT2D eigenvalue weighted by Gasteiger charge is 2.23. The molecule has 1 saturated heterocycles. The van der Waals surface area contributed by atoms with Crippen LogP contribution in [0.3, 0.4) is 0 Å². The molecule has 0 N–H and O–H groups in total. The van der Waals surface area contributed by atoms with Crippen LogP contribution in [0.2, 0.25) is 0 Å². The van der Waals surface area contributed by atoms with E-state index in [2.05, 4.69) is 35.0 Å². The van der Waals surface area contributed by atoms with Crippen molar-refractivity contribution in [2.45, 2.75) is 6.92 Å². The molecule has 1 fully saturated rings. The van der Waals surface area contributed by atoms with Crippen molar-refractivity contribution in [3.05, 3.63) is 58.3 Å². The van der Waals surface area contributed by atoms with Crippen molar-refractivity contribution >= 4 is 17.4 Å². The van der Waals surface area contributed by atoms with Crippen molar-refractivity contribution in [1.29, 1.82) is 0 Å². The predicted octanol–water partition coefficient (Wildman–Crippen LogP) is 2.03. The first-order valence-electron chi connectivity index (χ1n) is 8.36. The fourth-order valence-corrected chi connectivity index (χ4v) is 2.90. The largest absolute Gasteiger partial charge is 0.476 e. The number of ether oxygens (including phenoxy) is 1. The molecule has 1 aromatic heterocycles. The summed E-state index contributed by atoms with van der Waals surface area (Å²) in [5, 5.41) is 10.9. The van der Waals surface area contributed by atoms with Gasteiger partial charge in [-0.3, -0.25) is 4.79 Å². The Morgan fingerprint density at radius 1 is 1.23 bits per heavy atom. The number of hydrogen-bond acceptors (Lipinski definition) is 6. The summed E-state index contributed by atoms with van der Waals surface area (Å²) in [7, 11) is 0. The molecule has 0 atom stereocenters. The maximum absolute atomic E-state index is 12.3. The molecule has 8 heteroatoms. The average molecular weight is 356 g/mol. The summed E-state index contributed by atoms with van der Waals surface area (Å²) in [5.41, 5.74) is 2.35. The first-order chi connectivity index (χ1) is 12.5. The molecule has 1 aliphatic rings. The maximum atomic E-state index is 12.3. The number of benzene rings is 1. The van der Waals surface area contributed by atoms with Crippen LogP contribution in [0, 0.1) is 17.0 Å². The van der Waals surface area contributed by atoms with Crippen LogP contribution in [-0.2, 0) is 4.79 Å². The molecule has 3 rings (SSSR count). The second-order valence-corrected chi connectivity index (χ2v) is 6.08. The van der Waals surface area contributed by atoms with E-state index in [0.717, 1.165) is 18.8 Å². The Kier molecular flexibility index (Phi) is 5.31. The third-order valence-electron chi connectivity index (χ3n) is 4.27. The minimum absolute atomic E-state index is 0.00393. The van der Waals surface area contributed by atoms with E-state index in [-0.39, 0.29) is 24.1 Å². The number of piperazine rings is 1. The van der Waals surface area contributed by atoms with Crippen LogP contribution in [-0.4, -0.2) is 53.5 Å². The van der Waals surface area contributed by atoms with E-state index < -0.39 is 4.92 Å². The van der Waals surface area contributed by atoms with Crippen molar-refractivity contribution in [3.8, 4) is 5.75 Å². The monoisotopic (exact) mass is 356 g/mol. The number of carbonyl (C=O) groups excluding carboxylic acids is 1. The summed E-state index contributed by atoms with van der Waals surface area (Å²) in [4.78, 5) is 30.3. The van der Waals surface area contributed by atoms with Gasteiger partial charge in [0.1, 0.15) is 6.20 Å². The lowest BCUT2D eigenvalue weighted by Crippen LogP contribution is -2.50. The van der Waals surface area contributed by atoms with Crippen LogP contribution < -0.4 is 9.64 Å². The van der Waals surface area contributed by atoms with E-state index in [1.807, 2.05) is 6.07 Å². The summed E-state index contributed by atoms with van der Waals surface area (Å²) < 4.78 is 5.33. The topological polar surface area (TPSA) is 88.8 Å². The molecule has 0 aliphatic carbocycles. The minimum atomic E-state index is -0.625. The minimum Gasteiger partial charge on any atom is -0.476 e. The van der Waals surface area contributed by atoms with Crippen LogP contribution in [0.25, 0.3) is 0 Å². The van der Waals surface area contributed by atoms with Gasteiger partial charge in [0.25, 0.3) is 5.91 Å². The van der Waals surface area contributed by atoms with Crippen molar-refractivity contribution in [2.24, 2.45) is 0 Å². The Morgan fingerprint density at radius 2 is 2.00 bits per heavy atom. The zero-order valence-electron chi connectivity index (χ0n) is 14.5. The van der Waals surface area contributed by atoms with Crippen LogP contribution >= 0.6 is 0 Å². The van der Waals surface area contributed by atoms with Gasteiger partial charge in [-0.25, -0.2) is 0 Å². The van der Waals surface area contributed by atoms with E-state index in [9.17, 15) is 14.9 Å². The van der Waals surface area contributed by atoms with Gasteiger partial charge < -0.3 is 24.7 Å². The fourth-order valence-electron chi connectivity index (χ4n) is 2.90. The number of anilines is 1. The molecule has 136 valence electrons.